The summed E-state index contributed by atoms with van der Waals surface area (Å²) in [6.07, 6.45) is -28.5. The normalized spacial score (nSPS) is 18.4. The molecule has 0 aliphatic rings. The zero-order valence-corrected chi connectivity index (χ0v) is 29.3. The van der Waals surface area contributed by atoms with Crippen LogP contribution in [0.3, 0.4) is 0 Å². The van der Waals surface area contributed by atoms with Crippen LogP contribution in [0, 0.1) is 0 Å². The fourth-order valence-corrected chi connectivity index (χ4v) is 2.46. The van der Waals surface area contributed by atoms with Crippen molar-refractivity contribution in [3.05, 3.63) is 0 Å². The summed E-state index contributed by atoms with van der Waals surface area (Å²) in [6.45, 7) is -3.87. The van der Waals surface area contributed by atoms with E-state index in [9.17, 15) is 29.7 Å². The van der Waals surface area contributed by atoms with Gasteiger partial charge in [-0.15, -0.1) is 0 Å². The van der Waals surface area contributed by atoms with Gasteiger partial charge in [0.05, 0.1) is 50.9 Å². The van der Waals surface area contributed by atoms with Gasteiger partial charge in [-0.1, -0.05) is 0 Å². The van der Waals surface area contributed by atoms with Crippen LogP contribution >= 0.6 is 0 Å². The maximum atomic E-state index is 9.98. The molecular formula is C23H48Fe2O29. The molecule has 0 saturated heterocycles. The van der Waals surface area contributed by atoms with Gasteiger partial charge in [0, 0.05) is 0 Å². The number of hydrogen-bond donors (Lipinski definition) is 20. The van der Waals surface area contributed by atoms with Gasteiger partial charge in [-0.3, -0.25) is 0 Å². The molecule has 23 N–H and O–H groups in total. The summed E-state index contributed by atoms with van der Waals surface area (Å²) >= 11 is 0. The standard InChI is InChI=1S/3C6H12O7.C5H12O5.2Fe.3H2O/c3*7-1-2(8)3(9)4(10)5(11)6(12)13;6-1-3(8)5(10)4(9)2-7;;;;;/h3*2-5,7-11H,1H2,(H,12,13);3-10H,1-2H2;;;3*1H2/q;;;;2*+3;;;/p-6/t3*2-,3-,4+,5-;3-,4+,5?;;;;;/m111....../s1. The molecule has 0 aliphatic carbocycles. The molecule has 15 atom stereocenters. The Bertz CT molecular complexity index is 779. The van der Waals surface area contributed by atoms with E-state index in [1.807, 2.05) is 0 Å². The molecule has 0 saturated carbocycles. The van der Waals surface area contributed by atoms with E-state index < -0.39 is 143 Å². The Hall–Kier alpha value is -1.47. The van der Waals surface area contributed by atoms with Crippen LogP contribution in [0.25, 0.3) is 0 Å². The summed E-state index contributed by atoms with van der Waals surface area (Å²) in [5.74, 6) is -5.93. The van der Waals surface area contributed by atoms with Crippen molar-refractivity contribution < 1.29 is 182 Å². The molecule has 29 nitrogen and oxygen atoms in total. The van der Waals surface area contributed by atoms with E-state index in [0.29, 0.717) is 0 Å². The SMILES string of the molecule is O=C([O-])[C@H](O)[C@@H](O)[C@H](O)[C@H](O)CO.O=C([O-])[C@H](O)[C@@H](O)[C@H](O)[C@H](O)CO.O=C([O-])[C@H](O)[C@@H](O)[C@H](O)[C@H](O)CO.OC[C@@H](O)C(O)[C@@H](O)CO.[Fe+3].[Fe+3].[OH-].[OH-].[OH-]. The molecular weight excluding hydrogens is 852 g/mol. The van der Waals surface area contributed by atoms with Crippen molar-refractivity contribution >= 4 is 17.9 Å². The van der Waals surface area contributed by atoms with Crippen LogP contribution in [0.4, 0.5) is 0 Å². The first-order valence-corrected chi connectivity index (χ1v) is 13.3. The van der Waals surface area contributed by atoms with Gasteiger partial charge in [0.2, 0.25) is 0 Å². The Morgan fingerprint density at radius 2 is 0.444 bits per heavy atom. The van der Waals surface area contributed by atoms with Crippen LogP contribution < -0.4 is 15.3 Å². The van der Waals surface area contributed by atoms with Crippen LogP contribution in [0.5, 0.6) is 0 Å². The maximum absolute atomic E-state index is 9.98. The van der Waals surface area contributed by atoms with Gasteiger partial charge in [-0.25, -0.2) is 0 Å². The summed E-state index contributed by atoms with van der Waals surface area (Å²) < 4.78 is 0. The van der Waals surface area contributed by atoms with Crippen LogP contribution in [0.2, 0.25) is 0 Å². The number of carboxylic acid groups (broad SMARTS) is 3. The van der Waals surface area contributed by atoms with Crippen LogP contribution in [-0.4, -0.2) is 261 Å². The number of aliphatic hydroxyl groups excluding tert-OH is 20. The van der Waals surface area contributed by atoms with Gasteiger partial charge in [0.25, 0.3) is 0 Å². The topological polar surface area (TPSA) is 615 Å². The second kappa shape index (κ2) is 39.8. The molecule has 0 fully saturated rings. The zero-order chi connectivity index (χ0) is 39.9. The van der Waals surface area contributed by atoms with Crippen LogP contribution in [-0.2, 0) is 48.5 Å². The summed E-state index contributed by atoms with van der Waals surface area (Å²) in [5.41, 5.74) is 0. The van der Waals surface area contributed by atoms with Crippen molar-refractivity contribution in [3.63, 3.8) is 0 Å². The Balaban J connectivity index is -0.0000000696. The van der Waals surface area contributed by atoms with Crippen molar-refractivity contribution in [1.29, 1.82) is 0 Å². The van der Waals surface area contributed by atoms with Gasteiger partial charge in [-0.2, -0.15) is 0 Å². The Morgan fingerprint density at radius 3 is 0.556 bits per heavy atom. The van der Waals surface area contributed by atoms with E-state index in [1.165, 1.54) is 0 Å². The summed E-state index contributed by atoms with van der Waals surface area (Å²) in [5, 5.41) is 203. The van der Waals surface area contributed by atoms with Gasteiger partial charge in [0.1, 0.15) is 91.6 Å². The van der Waals surface area contributed by atoms with Crippen LogP contribution in [0.15, 0.2) is 0 Å². The molecule has 0 amide bonds. The minimum Gasteiger partial charge on any atom is -0.870 e. The first kappa shape index (κ1) is 73.6. The molecule has 0 bridgehead atoms. The molecule has 0 aromatic carbocycles. The van der Waals surface area contributed by atoms with E-state index in [1.54, 1.807) is 0 Å². The molecule has 0 spiro atoms. The fraction of sp³-hybridized carbons (Fsp3) is 0.870. The van der Waals surface area contributed by atoms with Crippen molar-refractivity contribution in [1.82, 2.24) is 0 Å². The average Bonchev–Trinajstić information content (AvgIpc) is 3.09. The first-order valence-electron chi connectivity index (χ1n) is 13.3. The van der Waals surface area contributed by atoms with Crippen molar-refractivity contribution in [2.45, 2.75) is 91.6 Å². The Morgan fingerprint density at radius 1 is 0.315 bits per heavy atom. The van der Waals surface area contributed by atoms with Crippen LogP contribution in [0.1, 0.15) is 0 Å². The van der Waals surface area contributed by atoms with Crippen molar-refractivity contribution in [3.8, 4) is 0 Å². The van der Waals surface area contributed by atoms with E-state index >= 15 is 0 Å². The molecule has 54 heavy (non-hydrogen) atoms. The number of aliphatic hydroxyl groups is 20. The third kappa shape index (κ3) is 29.8. The minimum absolute atomic E-state index is 0. The first-order chi connectivity index (χ1) is 22.4. The predicted octanol–water partition coefficient (Wildman–Crippen LogP) is -18.0. The average molecular weight is 900 g/mol. The third-order valence-corrected chi connectivity index (χ3v) is 5.65. The third-order valence-electron chi connectivity index (χ3n) is 5.65. The second-order valence-corrected chi connectivity index (χ2v) is 9.48. The largest absolute Gasteiger partial charge is 3.00 e. The van der Waals surface area contributed by atoms with Gasteiger partial charge in [-0.05, 0) is 0 Å². The van der Waals surface area contributed by atoms with E-state index in [0.717, 1.165) is 0 Å². The zero-order valence-electron chi connectivity index (χ0n) is 27.1. The van der Waals surface area contributed by atoms with E-state index in [-0.39, 0.29) is 50.6 Å². The number of rotatable bonds is 19. The monoisotopic (exact) mass is 900 g/mol. The van der Waals surface area contributed by atoms with Gasteiger partial charge in [0.15, 0.2) is 0 Å². The maximum Gasteiger partial charge on any atom is 3.00 e. The summed E-state index contributed by atoms with van der Waals surface area (Å²) in [6, 6.07) is 0. The summed E-state index contributed by atoms with van der Waals surface area (Å²) in [4.78, 5) is 29.9. The Labute approximate surface area is 324 Å². The van der Waals surface area contributed by atoms with E-state index in [2.05, 4.69) is 0 Å². The molecule has 31 heteroatoms. The number of carboxylic acids is 3. The molecule has 0 heterocycles. The number of aliphatic carboxylic acids is 3. The second-order valence-electron chi connectivity index (χ2n) is 9.48. The van der Waals surface area contributed by atoms with Gasteiger partial charge >= 0.3 is 34.1 Å². The number of hydrogen-bond acceptors (Lipinski definition) is 29. The number of carbonyl (C=O) groups is 3. The summed E-state index contributed by atoms with van der Waals surface area (Å²) in [7, 11) is 0. The molecule has 330 valence electrons. The molecule has 1 unspecified atom stereocenters. The van der Waals surface area contributed by atoms with E-state index in [4.69, 9.17) is 102 Å². The van der Waals surface area contributed by atoms with Crippen molar-refractivity contribution in [2.75, 3.05) is 33.0 Å². The van der Waals surface area contributed by atoms with Gasteiger partial charge < -0.3 is 148 Å². The Kier molecular flexibility index (Phi) is 54.2. The smallest absolute Gasteiger partial charge is 0.870 e. The van der Waals surface area contributed by atoms with Crippen molar-refractivity contribution in [2.24, 2.45) is 0 Å². The molecule has 0 aliphatic heterocycles. The molecule has 0 aromatic rings. The number of carbonyl (C=O) groups excluding carboxylic acids is 3. The fourth-order valence-electron chi connectivity index (χ4n) is 2.46. The predicted molar refractivity (Wildman–Crippen MR) is 146 cm³/mol. The minimum atomic E-state index is -2.31. The molecule has 0 rings (SSSR count). The molecule has 0 aromatic heterocycles. The quantitative estimate of drug-likeness (QED) is 0.0535. The molecule has 2 radical (unpaired) electrons.